The van der Waals surface area contributed by atoms with Crippen LogP contribution in [0.5, 0.6) is 0 Å². The molecule has 1 aromatic carbocycles. The van der Waals surface area contributed by atoms with Crippen LogP contribution >= 0.6 is 11.8 Å². The predicted octanol–water partition coefficient (Wildman–Crippen LogP) is 3.55. The molecule has 5 nitrogen and oxygen atoms in total. The van der Waals surface area contributed by atoms with E-state index in [1.54, 1.807) is 0 Å². The highest BCUT2D eigenvalue weighted by molar-refractivity contribution is 7.99. The third-order valence-electron chi connectivity index (χ3n) is 4.67. The van der Waals surface area contributed by atoms with E-state index in [1.807, 2.05) is 59.9 Å². The van der Waals surface area contributed by atoms with Gasteiger partial charge in [0, 0.05) is 23.3 Å². The minimum absolute atomic E-state index is 0.00180. The maximum Gasteiger partial charge on any atom is 0.239 e. The molecule has 1 saturated heterocycles. The van der Waals surface area contributed by atoms with E-state index in [1.165, 1.54) is 5.75 Å². The van der Waals surface area contributed by atoms with Gasteiger partial charge in [0.25, 0.3) is 0 Å². The lowest BCUT2D eigenvalue weighted by molar-refractivity contribution is -0.117. The molecule has 2 aromatic rings. The number of nitrogens with zero attached hydrogens (tertiary/aromatic N) is 3. The van der Waals surface area contributed by atoms with Crippen LogP contribution in [0, 0.1) is 0 Å². The molecule has 1 aliphatic rings. The Bertz CT molecular complexity index is 745. The number of carbonyl (C=O) groups excluding carboxylic acids is 1. The number of rotatable bonds is 5. The van der Waals surface area contributed by atoms with Gasteiger partial charge >= 0.3 is 0 Å². The third-order valence-corrected chi connectivity index (χ3v) is 5.81. The van der Waals surface area contributed by atoms with Crippen molar-refractivity contribution in [1.29, 1.82) is 0 Å². The Hall–Kier alpha value is -1.79. The molecule has 0 spiro atoms. The summed E-state index contributed by atoms with van der Waals surface area (Å²) in [5.41, 5.74) is 1.81. The Morgan fingerprint density at radius 1 is 1.35 bits per heavy atom. The number of hydrogen-bond acceptors (Lipinski definition) is 4. The van der Waals surface area contributed by atoms with Crippen molar-refractivity contribution in [1.82, 2.24) is 14.7 Å². The molecule has 26 heavy (non-hydrogen) atoms. The van der Waals surface area contributed by atoms with Crippen molar-refractivity contribution < 1.29 is 4.79 Å². The molecule has 1 atom stereocenters. The second kappa shape index (κ2) is 7.84. The second-order valence-corrected chi connectivity index (χ2v) is 9.04. The van der Waals surface area contributed by atoms with Crippen LogP contribution in [0.25, 0.3) is 5.69 Å². The van der Waals surface area contributed by atoms with Gasteiger partial charge in [-0.2, -0.15) is 16.9 Å². The van der Waals surface area contributed by atoms with Gasteiger partial charge in [0.1, 0.15) is 5.82 Å². The Morgan fingerprint density at radius 2 is 2.08 bits per heavy atom. The van der Waals surface area contributed by atoms with Crippen molar-refractivity contribution in [3.8, 4) is 5.69 Å². The van der Waals surface area contributed by atoms with E-state index in [9.17, 15) is 4.79 Å². The van der Waals surface area contributed by atoms with E-state index in [0.717, 1.165) is 29.4 Å². The number of likely N-dealkylation sites (N-methyl/N-ethyl adjacent to an activating group) is 1. The summed E-state index contributed by atoms with van der Waals surface area (Å²) in [4.78, 5) is 14.8. The smallest absolute Gasteiger partial charge is 0.239 e. The van der Waals surface area contributed by atoms with Crippen LogP contribution in [0.15, 0.2) is 36.4 Å². The Balaban J connectivity index is 1.79. The summed E-state index contributed by atoms with van der Waals surface area (Å²) in [5, 5.41) is 7.82. The number of benzene rings is 1. The normalized spacial score (nSPS) is 17.7. The van der Waals surface area contributed by atoms with Crippen molar-refractivity contribution in [2.24, 2.45) is 0 Å². The van der Waals surface area contributed by atoms with Gasteiger partial charge in [0.15, 0.2) is 0 Å². The molecule has 0 radical (unpaired) electrons. The molecule has 0 saturated carbocycles. The van der Waals surface area contributed by atoms with E-state index in [4.69, 9.17) is 5.10 Å². The summed E-state index contributed by atoms with van der Waals surface area (Å²) >= 11 is 1.96. The standard InChI is InChI=1S/C20H28N4OS/c1-20(2,3)17-12-18(24(22-17)15-8-6-5-7-9-15)21-19(25)13-23(4)16-10-11-26-14-16/h5-9,12,16H,10-11,13-14H2,1-4H3,(H,21,25). The summed E-state index contributed by atoms with van der Waals surface area (Å²) in [5.74, 6) is 3.02. The summed E-state index contributed by atoms with van der Waals surface area (Å²) in [7, 11) is 2.03. The fourth-order valence-corrected chi connectivity index (χ4v) is 4.31. The summed E-state index contributed by atoms with van der Waals surface area (Å²) in [6, 6.07) is 12.4. The van der Waals surface area contributed by atoms with Crippen LogP contribution in [0.1, 0.15) is 32.9 Å². The molecule has 1 N–H and O–H groups in total. The predicted molar refractivity (Wildman–Crippen MR) is 109 cm³/mol. The number of hydrogen-bond donors (Lipinski definition) is 1. The third kappa shape index (κ3) is 4.48. The highest BCUT2D eigenvalue weighted by atomic mass is 32.2. The SMILES string of the molecule is CN(CC(=O)Nc1cc(C(C)(C)C)nn1-c1ccccc1)C1CCSC1. The van der Waals surface area contributed by atoms with Gasteiger partial charge in [-0.1, -0.05) is 39.0 Å². The lowest BCUT2D eigenvalue weighted by Crippen LogP contribution is -2.38. The summed E-state index contributed by atoms with van der Waals surface area (Å²) in [6.45, 7) is 6.78. The molecule has 1 amide bonds. The molecule has 0 bridgehead atoms. The molecule has 6 heteroatoms. The van der Waals surface area contributed by atoms with Crippen LogP contribution in [-0.2, 0) is 10.2 Å². The van der Waals surface area contributed by atoms with Crippen LogP contribution in [-0.4, -0.2) is 51.7 Å². The van der Waals surface area contributed by atoms with Crippen molar-refractivity contribution in [2.75, 3.05) is 30.4 Å². The van der Waals surface area contributed by atoms with Crippen molar-refractivity contribution in [3.05, 3.63) is 42.1 Å². The number of carbonyl (C=O) groups is 1. The van der Waals surface area contributed by atoms with Crippen LogP contribution in [0.2, 0.25) is 0 Å². The highest BCUT2D eigenvalue weighted by Gasteiger charge is 2.24. The van der Waals surface area contributed by atoms with Gasteiger partial charge in [-0.25, -0.2) is 4.68 Å². The second-order valence-electron chi connectivity index (χ2n) is 7.89. The zero-order valence-electron chi connectivity index (χ0n) is 16.0. The van der Waals surface area contributed by atoms with Gasteiger partial charge < -0.3 is 5.32 Å². The maximum atomic E-state index is 12.6. The summed E-state index contributed by atoms with van der Waals surface area (Å²) < 4.78 is 1.82. The molecule has 1 fully saturated rings. The molecule has 2 heterocycles. The molecule has 1 unspecified atom stereocenters. The van der Waals surface area contributed by atoms with Gasteiger partial charge in [0.2, 0.25) is 5.91 Å². The van der Waals surface area contributed by atoms with Crippen molar-refractivity contribution in [3.63, 3.8) is 0 Å². The van der Waals surface area contributed by atoms with Crippen LogP contribution in [0.4, 0.5) is 5.82 Å². The van der Waals surface area contributed by atoms with Crippen LogP contribution < -0.4 is 5.32 Å². The van der Waals surface area contributed by atoms with Crippen LogP contribution in [0.3, 0.4) is 0 Å². The van der Waals surface area contributed by atoms with Crippen molar-refractivity contribution in [2.45, 2.75) is 38.6 Å². The Kier molecular flexibility index (Phi) is 5.73. The van der Waals surface area contributed by atoms with Crippen molar-refractivity contribution >= 4 is 23.5 Å². The van der Waals surface area contributed by atoms with E-state index in [0.29, 0.717) is 12.6 Å². The average Bonchev–Trinajstić information content (AvgIpc) is 3.25. The monoisotopic (exact) mass is 372 g/mol. The lowest BCUT2D eigenvalue weighted by Gasteiger charge is -2.22. The van der Waals surface area contributed by atoms with Gasteiger partial charge in [-0.3, -0.25) is 9.69 Å². The fourth-order valence-electron chi connectivity index (χ4n) is 3.01. The first-order chi connectivity index (χ1) is 12.3. The molecule has 1 aliphatic heterocycles. The minimum Gasteiger partial charge on any atom is -0.309 e. The number of amides is 1. The molecular weight excluding hydrogens is 344 g/mol. The van der Waals surface area contributed by atoms with E-state index in [-0.39, 0.29) is 11.3 Å². The Labute approximate surface area is 160 Å². The number of para-hydroxylation sites is 1. The van der Waals surface area contributed by atoms with Gasteiger partial charge in [-0.05, 0) is 31.4 Å². The highest BCUT2D eigenvalue weighted by Crippen LogP contribution is 2.26. The van der Waals surface area contributed by atoms with E-state index >= 15 is 0 Å². The lowest BCUT2D eigenvalue weighted by atomic mass is 9.92. The first-order valence-corrected chi connectivity index (χ1v) is 10.2. The maximum absolute atomic E-state index is 12.6. The molecule has 140 valence electrons. The minimum atomic E-state index is -0.0859. The largest absolute Gasteiger partial charge is 0.309 e. The number of anilines is 1. The first-order valence-electron chi connectivity index (χ1n) is 9.08. The number of nitrogens with one attached hydrogen (secondary N) is 1. The quantitative estimate of drug-likeness (QED) is 0.872. The van der Waals surface area contributed by atoms with E-state index < -0.39 is 0 Å². The first kappa shape index (κ1) is 19.0. The molecule has 3 rings (SSSR count). The zero-order chi connectivity index (χ0) is 18.7. The summed E-state index contributed by atoms with van der Waals surface area (Å²) in [6.07, 6.45) is 1.16. The average molecular weight is 373 g/mol. The molecular formula is C20H28N4OS. The van der Waals surface area contributed by atoms with Gasteiger partial charge in [-0.15, -0.1) is 0 Å². The topological polar surface area (TPSA) is 50.2 Å². The Morgan fingerprint density at radius 3 is 2.69 bits per heavy atom. The molecule has 1 aromatic heterocycles. The van der Waals surface area contributed by atoms with E-state index in [2.05, 4.69) is 31.0 Å². The number of aromatic nitrogens is 2. The number of thioether (sulfide) groups is 1. The molecule has 0 aliphatic carbocycles. The fraction of sp³-hybridized carbons (Fsp3) is 0.500. The zero-order valence-corrected chi connectivity index (χ0v) is 16.8. The van der Waals surface area contributed by atoms with Gasteiger partial charge in [0.05, 0.1) is 17.9 Å².